The van der Waals surface area contributed by atoms with Crippen molar-refractivity contribution in [1.29, 1.82) is 0 Å². The molecule has 2 aromatic carbocycles. The molecule has 0 radical (unpaired) electrons. The number of aromatic nitrogens is 2. The third-order valence-electron chi connectivity index (χ3n) is 4.14. The van der Waals surface area contributed by atoms with E-state index in [9.17, 15) is 4.39 Å². The topological polar surface area (TPSA) is 75.8 Å². The van der Waals surface area contributed by atoms with Gasteiger partial charge in [0.25, 0.3) is 5.22 Å². The van der Waals surface area contributed by atoms with Crippen molar-refractivity contribution in [3.8, 4) is 34.5 Å². The van der Waals surface area contributed by atoms with E-state index in [-0.39, 0.29) is 5.75 Å². The fourth-order valence-electron chi connectivity index (χ4n) is 2.84. The van der Waals surface area contributed by atoms with Crippen molar-refractivity contribution in [2.24, 2.45) is 0 Å². The summed E-state index contributed by atoms with van der Waals surface area (Å²) < 4.78 is 41.8. The molecule has 0 saturated heterocycles. The Bertz CT molecular complexity index is 984. The maximum Gasteiger partial charge on any atom is 0.277 e. The average molecular weight is 449 g/mol. The molecule has 7 nitrogen and oxygen atoms in total. The Hall–Kier alpha value is -2.94. The van der Waals surface area contributed by atoms with Crippen LogP contribution in [-0.4, -0.2) is 37.1 Å². The van der Waals surface area contributed by atoms with Crippen LogP contribution in [0.15, 0.2) is 40.0 Å². The molecule has 1 aromatic heterocycles. The van der Waals surface area contributed by atoms with Gasteiger partial charge in [-0.05, 0) is 50.6 Å². The van der Waals surface area contributed by atoms with Gasteiger partial charge >= 0.3 is 0 Å². The smallest absolute Gasteiger partial charge is 0.277 e. The van der Waals surface area contributed by atoms with Crippen LogP contribution in [0.2, 0.25) is 0 Å². The molecule has 0 aliphatic rings. The summed E-state index contributed by atoms with van der Waals surface area (Å²) in [4.78, 5) is 0. The minimum absolute atomic E-state index is 0.208. The molecular formula is C22H25FN2O5S. The molecule has 0 N–H and O–H groups in total. The van der Waals surface area contributed by atoms with Crippen molar-refractivity contribution in [2.45, 2.75) is 31.7 Å². The molecule has 0 aliphatic heterocycles. The van der Waals surface area contributed by atoms with Crippen molar-refractivity contribution in [1.82, 2.24) is 10.2 Å². The van der Waals surface area contributed by atoms with E-state index in [1.165, 1.54) is 24.9 Å². The summed E-state index contributed by atoms with van der Waals surface area (Å²) in [7, 11) is 1.43. The molecule has 0 bridgehead atoms. The normalized spacial score (nSPS) is 10.7. The first-order chi connectivity index (χ1) is 15.1. The van der Waals surface area contributed by atoms with Crippen LogP contribution in [0, 0.1) is 5.82 Å². The van der Waals surface area contributed by atoms with E-state index in [1.54, 1.807) is 24.3 Å². The van der Waals surface area contributed by atoms with Crippen molar-refractivity contribution in [3.05, 3.63) is 41.7 Å². The highest BCUT2D eigenvalue weighted by atomic mass is 32.2. The quantitative estimate of drug-likeness (QED) is 0.362. The summed E-state index contributed by atoms with van der Waals surface area (Å²) in [5.74, 6) is 2.24. The van der Waals surface area contributed by atoms with E-state index < -0.39 is 5.82 Å². The second kappa shape index (κ2) is 10.9. The van der Waals surface area contributed by atoms with E-state index in [2.05, 4.69) is 10.2 Å². The Kier molecular flexibility index (Phi) is 8.00. The van der Waals surface area contributed by atoms with Crippen molar-refractivity contribution in [2.75, 3.05) is 26.9 Å². The molecule has 0 aliphatic carbocycles. The number of thioether (sulfide) groups is 1. The van der Waals surface area contributed by atoms with Gasteiger partial charge in [0, 0.05) is 11.3 Å². The molecule has 0 amide bonds. The number of hydrogen-bond donors (Lipinski definition) is 0. The second-order valence-corrected chi connectivity index (χ2v) is 7.16. The van der Waals surface area contributed by atoms with Gasteiger partial charge in [-0.3, -0.25) is 0 Å². The molecule has 9 heteroatoms. The van der Waals surface area contributed by atoms with Gasteiger partial charge in [0.15, 0.2) is 23.1 Å². The van der Waals surface area contributed by atoms with Gasteiger partial charge in [0.2, 0.25) is 11.6 Å². The molecule has 0 fully saturated rings. The minimum Gasteiger partial charge on any atom is -0.494 e. The van der Waals surface area contributed by atoms with Gasteiger partial charge in [-0.2, -0.15) is 0 Å². The van der Waals surface area contributed by atoms with Crippen LogP contribution in [0.25, 0.3) is 11.5 Å². The molecule has 3 rings (SSSR count). The molecule has 0 spiro atoms. The maximum atomic E-state index is 13.9. The highest BCUT2D eigenvalue weighted by molar-refractivity contribution is 7.98. The van der Waals surface area contributed by atoms with E-state index in [0.717, 1.165) is 5.56 Å². The number of nitrogens with zero attached hydrogens (tertiary/aromatic N) is 2. The molecule has 0 saturated carbocycles. The molecule has 0 unspecified atom stereocenters. The summed E-state index contributed by atoms with van der Waals surface area (Å²) in [6, 6.07) is 8.39. The van der Waals surface area contributed by atoms with Crippen LogP contribution in [0.1, 0.15) is 26.3 Å². The number of hydrogen-bond acceptors (Lipinski definition) is 8. The number of methoxy groups -OCH3 is 1. The molecule has 0 atom stereocenters. The SMILES string of the molecule is CCOc1cc(-c2nnc(SCc3ccc(OC)c(F)c3)o2)cc(OCC)c1OCC. The lowest BCUT2D eigenvalue weighted by atomic mass is 10.2. The summed E-state index contributed by atoms with van der Waals surface area (Å²) in [5, 5.41) is 8.60. The van der Waals surface area contributed by atoms with Crippen LogP contribution in [0.3, 0.4) is 0 Å². The standard InChI is InChI=1S/C22H25FN2O5S/c1-5-27-18-11-15(12-19(28-6-2)20(18)29-7-3)21-24-25-22(30-21)31-13-14-8-9-17(26-4)16(23)10-14/h8-12H,5-7,13H2,1-4H3. The zero-order valence-electron chi connectivity index (χ0n) is 17.9. The van der Waals surface area contributed by atoms with Gasteiger partial charge in [-0.25, -0.2) is 4.39 Å². The van der Waals surface area contributed by atoms with Gasteiger partial charge in [0.05, 0.1) is 26.9 Å². The summed E-state index contributed by atoms with van der Waals surface area (Å²) in [6.07, 6.45) is 0. The van der Waals surface area contributed by atoms with E-state index >= 15 is 0 Å². The van der Waals surface area contributed by atoms with Crippen LogP contribution < -0.4 is 18.9 Å². The monoisotopic (exact) mass is 448 g/mol. The van der Waals surface area contributed by atoms with E-state index in [1.807, 2.05) is 20.8 Å². The van der Waals surface area contributed by atoms with Gasteiger partial charge in [-0.1, -0.05) is 17.8 Å². The fraction of sp³-hybridized carbons (Fsp3) is 0.364. The first-order valence-electron chi connectivity index (χ1n) is 9.95. The third-order valence-corrected chi connectivity index (χ3v) is 5.03. The van der Waals surface area contributed by atoms with E-state index in [4.69, 9.17) is 23.4 Å². The minimum atomic E-state index is -0.409. The Morgan fingerprint density at radius 3 is 2.16 bits per heavy atom. The average Bonchev–Trinajstić information content (AvgIpc) is 3.24. The number of halogens is 1. The van der Waals surface area contributed by atoms with Gasteiger partial charge < -0.3 is 23.4 Å². The molecule has 31 heavy (non-hydrogen) atoms. The Morgan fingerprint density at radius 1 is 0.903 bits per heavy atom. The summed E-state index contributed by atoms with van der Waals surface area (Å²) >= 11 is 1.32. The zero-order chi connectivity index (χ0) is 22.2. The van der Waals surface area contributed by atoms with Crippen LogP contribution in [-0.2, 0) is 5.75 Å². The van der Waals surface area contributed by atoms with E-state index in [0.29, 0.717) is 59.5 Å². The summed E-state index contributed by atoms with van der Waals surface area (Å²) in [5.41, 5.74) is 1.44. The number of ether oxygens (including phenoxy) is 4. The predicted molar refractivity (Wildman–Crippen MR) is 116 cm³/mol. The maximum absolute atomic E-state index is 13.9. The van der Waals surface area contributed by atoms with Crippen LogP contribution >= 0.6 is 11.8 Å². The summed E-state index contributed by atoms with van der Waals surface area (Å²) in [6.45, 7) is 7.11. The second-order valence-electron chi connectivity index (χ2n) is 6.23. The number of rotatable bonds is 11. The molecule has 1 heterocycles. The fourth-order valence-corrected chi connectivity index (χ4v) is 3.55. The third kappa shape index (κ3) is 5.61. The molecule has 166 valence electrons. The Labute approximate surface area is 184 Å². The molecule has 3 aromatic rings. The lowest BCUT2D eigenvalue weighted by Gasteiger charge is -2.16. The van der Waals surface area contributed by atoms with Crippen molar-refractivity contribution >= 4 is 11.8 Å². The lowest BCUT2D eigenvalue weighted by molar-refractivity contribution is 0.261. The number of benzene rings is 2. The zero-order valence-corrected chi connectivity index (χ0v) is 18.8. The largest absolute Gasteiger partial charge is 0.494 e. The van der Waals surface area contributed by atoms with Gasteiger partial charge in [-0.15, -0.1) is 10.2 Å². The van der Waals surface area contributed by atoms with Gasteiger partial charge in [0.1, 0.15) is 0 Å². The van der Waals surface area contributed by atoms with Crippen LogP contribution in [0.4, 0.5) is 4.39 Å². The highest BCUT2D eigenvalue weighted by Gasteiger charge is 2.19. The predicted octanol–water partition coefficient (Wildman–Crippen LogP) is 5.37. The lowest BCUT2D eigenvalue weighted by Crippen LogP contribution is -2.03. The molecular weight excluding hydrogens is 423 g/mol. The first-order valence-corrected chi connectivity index (χ1v) is 10.9. The first kappa shape index (κ1) is 22.7. The van der Waals surface area contributed by atoms with Crippen LogP contribution in [0.5, 0.6) is 23.0 Å². The van der Waals surface area contributed by atoms with Crippen molar-refractivity contribution < 1.29 is 27.8 Å². The van der Waals surface area contributed by atoms with Crippen molar-refractivity contribution in [3.63, 3.8) is 0 Å². The Balaban J connectivity index is 1.81. The Morgan fingerprint density at radius 2 is 1.58 bits per heavy atom. The highest BCUT2D eigenvalue weighted by Crippen LogP contribution is 2.42.